The highest BCUT2D eigenvalue weighted by atomic mass is 35.5. The minimum Gasteiger partial charge on any atom is -0.495 e. The van der Waals surface area contributed by atoms with Gasteiger partial charge in [-0.25, -0.2) is 9.18 Å². The van der Waals surface area contributed by atoms with Crippen LogP contribution in [-0.4, -0.2) is 20.2 Å². The number of nitrogens with two attached hydrogens (primary N) is 1. The standard InChI is InChI=1S/C32H24ClFN2O6/c1-38-26-11-6-20(13-25(26)33)32(37)41-22-9-10-23-28(15-22)42-31(36)24(16-35)30(23)19-5-12-27(29(14-19)39-2)40-17-18-3-7-21(34)8-4-18/h3-15,30H,17,36H2,1-2H3. The molecule has 212 valence electrons. The summed E-state index contributed by atoms with van der Waals surface area (Å²) in [6.45, 7) is 0.205. The molecule has 0 radical (unpaired) electrons. The van der Waals surface area contributed by atoms with E-state index < -0.39 is 11.9 Å². The first-order chi connectivity index (χ1) is 20.3. The molecule has 2 N–H and O–H groups in total. The van der Waals surface area contributed by atoms with E-state index in [0.29, 0.717) is 34.1 Å². The number of benzene rings is 4. The topological polar surface area (TPSA) is 113 Å². The van der Waals surface area contributed by atoms with Crippen molar-refractivity contribution in [1.82, 2.24) is 0 Å². The largest absolute Gasteiger partial charge is 0.495 e. The van der Waals surface area contributed by atoms with E-state index in [1.54, 1.807) is 54.6 Å². The molecule has 4 aromatic carbocycles. The van der Waals surface area contributed by atoms with Gasteiger partial charge in [-0.2, -0.15) is 5.26 Å². The van der Waals surface area contributed by atoms with Crippen molar-refractivity contribution in [3.05, 3.63) is 123 Å². The number of nitriles is 1. The first kappa shape index (κ1) is 28.3. The molecule has 0 bridgehead atoms. The maximum absolute atomic E-state index is 13.2. The molecule has 0 amide bonds. The third-order valence-corrected chi connectivity index (χ3v) is 6.91. The summed E-state index contributed by atoms with van der Waals surface area (Å²) in [5, 5.41) is 10.2. The predicted octanol–water partition coefficient (Wildman–Crippen LogP) is 6.51. The quantitative estimate of drug-likeness (QED) is 0.184. The van der Waals surface area contributed by atoms with Crippen molar-refractivity contribution in [2.45, 2.75) is 12.5 Å². The van der Waals surface area contributed by atoms with Crippen LogP contribution in [0.4, 0.5) is 4.39 Å². The number of nitrogens with zero attached hydrogens (tertiary/aromatic N) is 1. The second-order valence-corrected chi connectivity index (χ2v) is 9.60. The Hall–Kier alpha value is -5.20. The molecule has 1 unspecified atom stereocenters. The van der Waals surface area contributed by atoms with Gasteiger partial charge in [-0.05, 0) is 59.7 Å². The van der Waals surface area contributed by atoms with Crippen LogP contribution in [0.15, 0.2) is 90.3 Å². The molecule has 5 rings (SSSR count). The fourth-order valence-corrected chi connectivity index (χ4v) is 4.78. The zero-order valence-electron chi connectivity index (χ0n) is 22.5. The van der Waals surface area contributed by atoms with Gasteiger partial charge in [0.05, 0.1) is 30.7 Å². The molecule has 0 saturated heterocycles. The van der Waals surface area contributed by atoms with Gasteiger partial charge in [-0.3, -0.25) is 0 Å². The molecule has 0 spiro atoms. The monoisotopic (exact) mass is 586 g/mol. The van der Waals surface area contributed by atoms with Crippen molar-refractivity contribution >= 4 is 17.6 Å². The van der Waals surface area contributed by atoms with Crippen molar-refractivity contribution in [2.75, 3.05) is 14.2 Å². The summed E-state index contributed by atoms with van der Waals surface area (Å²) < 4.78 is 41.2. The minimum absolute atomic E-state index is 0.0731. The van der Waals surface area contributed by atoms with Crippen LogP contribution in [0.5, 0.6) is 28.7 Å². The first-order valence-corrected chi connectivity index (χ1v) is 13.0. The van der Waals surface area contributed by atoms with E-state index in [0.717, 1.165) is 5.56 Å². The Morgan fingerprint density at radius 3 is 2.40 bits per heavy atom. The van der Waals surface area contributed by atoms with Gasteiger partial charge in [0.25, 0.3) is 0 Å². The maximum Gasteiger partial charge on any atom is 0.343 e. The lowest BCUT2D eigenvalue weighted by Gasteiger charge is -2.27. The van der Waals surface area contributed by atoms with Gasteiger partial charge in [0.1, 0.15) is 41.3 Å². The van der Waals surface area contributed by atoms with Gasteiger partial charge in [0.15, 0.2) is 11.5 Å². The van der Waals surface area contributed by atoms with Crippen molar-refractivity contribution in [3.63, 3.8) is 0 Å². The van der Waals surface area contributed by atoms with Crippen LogP contribution in [-0.2, 0) is 6.61 Å². The van der Waals surface area contributed by atoms with Gasteiger partial charge in [0, 0.05) is 11.6 Å². The summed E-state index contributed by atoms with van der Waals surface area (Å²) in [7, 11) is 2.99. The highest BCUT2D eigenvalue weighted by Gasteiger charge is 2.32. The van der Waals surface area contributed by atoms with Gasteiger partial charge in [0.2, 0.25) is 5.88 Å². The Kier molecular flexibility index (Phi) is 8.18. The van der Waals surface area contributed by atoms with E-state index in [9.17, 15) is 14.4 Å². The molecule has 0 aromatic heterocycles. The number of ether oxygens (including phenoxy) is 5. The van der Waals surface area contributed by atoms with Crippen molar-refractivity contribution < 1.29 is 32.9 Å². The minimum atomic E-state index is -0.631. The smallest absolute Gasteiger partial charge is 0.343 e. The van der Waals surface area contributed by atoms with E-state index in [1.807, 2.05) is 0 Å². The van der Waals surface area contributed by atoms with Gasteiger partial charge >= 0.3 is 5.97 Å². The molecule has 0 saturated carbocycles. The van der Waals surface area contributed by atoms with E-state index >= 15 is 0 Å². The molecule has 1 aliphatic rings. The average Bonchev–Trinajstić information content (AvgIpc) is 3.00. The van der Waals surface area contributed by atoms with Crippen molar-refractivity contribution in [3.8, 4) is 34.8 Å². The molecular formula is C32H24ClFN2O6. The second kappa shape index (κ2) is 12.1. The van der Waals surface area contributed by atoms with E-state index in [4.69, 9.17) is 41.0 Å². The van der Waals surface area contributed by atoms with Crippen LogP contribution < -0.4 is 29.4 Å². The third kappa shape index (κ3) is 5.80. The fourth-order valence-electron chi connectivity index (χ4n) is 4.53. The Labute approximate surface area is 246 Å². The maximum atomic E-state index is 13.2. The number of carbonyl (C=O) groups excluding carboxylic acids is 1. The van der Waals surface area contributed by atoms with E-state index in [2.05, 4.69) is 6.07 Å². The summed E-state index contributed by atoms with van der Waals surface area (Å²) in [4.78, 5) is 12.8. The van der Waals surface area contributed by atoms with Crippen LogP contribution in [0.3, 0.4) is 0 Å². The molecule has 8 nitrogen and oxygen atoms in total. The summed E-state index contributed by atoms with van der Waals surface area (Å²) in [6.07, 6.45) is 0. The number of halogens is 2. The molecule has 1 atom stereocenters. The highest BCUT2D eigenvalue weighted by molar-refractivity contribution is 6.32. The molecule has 0 aliphatic carbocycles. The van der Waals surface area contributed by atoms with Crippen LogP contribution >= 0.6 is 11.6 Å². The number of hydrogen-bond acceptors (Lipinski definition) is 8. The predicted molar refractivity (Wildman–Crippen MR) is 152 cm³/mol. The lowest BCUT2D eigenvalue weighted by Crippen LogP contribution is -2.21. The van der Waals surface area contributed by atoms with Crippen LogP contribution in [0.25, 0.3) is 0 Å². The van der Waals surface area contributed by atoms with Gasteiger partial charge < -0.3 is 29.4 Å². The number of hydrogen-bond donors (Lipinski definition) is 1. The Morgan fingerprint density at radius 2 is 1.71 bits per heavy atom. The zero-order chi connectivity index (χ0) is 29.8. The molecule has 4 aromatic rings. The van der Waals surface area contributed by atoms with E-state index in [1.165, 1.54) is 38.5 Å². The zero-order valence-corrected chi connectivity index (χ0v) is 23.3. The normalized spacial score (nSPS) is 13.8. The number of rotatable bonds is 8. The first-order valence-electron chi connectivity index (χ1n) is 12.6. The van der Waals surface area contributed by atoms with Gasteiger partial charge in [-0.1, -0.05) is 35.9 Å². The summed E-state index contributed by atoms with van der Waals surface area (Å²) >= 11 is 6.14. The fraction of sp³-hybridized carbons (Fsp3) is 0.125. The summed E-state index contributed by atoms with van der Waals surface area (Å²) in [5.74, 6) is 0.238. The molecule has 0 fully saturated rings. The molecular weight excluding hydrogens is 563 g/mol. The number of fused-ring (bicyclic) bond motifs is 1. The van der Waals surface area contributed by atoms with Crippen molar-refractivity contribution in [1.29, 1.82) is 5.26 Å². The van der Waals surface area contributed by atoms with Crippen LogP contribution in [0, 0.1) is 17.1 Å². The average molecular weight is 587 g/mol. The summed E-state index contributed by atoms with van der Waals surface area (Å²) in [5.41, 5.74) is 8.72. The van der Waals surface area contributed by atoms with Gasteiger partial charge in [-0.15, -0.1) is 0 Å². The third-order valence-electron chi connectivity index (χ3n) is 6.62. The number of carbonyl (C=O) groups is 1. The summed E-state index contributed by atoms with van der Waals surface area (Å²) in [6, 6.07) is 22.8. The lowest BCUT2D eigenvalue weighted by molar-refractivity contribution is 0.0734. The lowest BCUT2D eigenvalue weighted by atomic mass is 9.83. The van der Waals surface area contributed by atoms with Crippen LogP contribution in [0.1, 0.15) is 33.0 Å². The van der Waals surface area contributed by atoms with Crippen LogP contribution in [0.2, 0.25) is 5.02 Å². The van der Waals surface area contributed by atoms with E-state index in [-0.39, 0.29) is 40.2 Å². The molecule has 1 heterocycles. The van der Waals surface area contributed by atoms with Crippen molar-refractivity contribution in [2.24, 2.45) is 5.73 Å². The Bertz CT molecular complexity index is 1730. The number of methoxy groups -OCH3 is 2. The highest BCUT2D eigenvalue weighted by Crippen LogP contribution is 2.45. The molecule has 10 heteroatoms. The SMILES string of the molecule is COc1ccc(C(=O)Oc2ccc3c(c2)OC(N)=C(C#N)C3c2ccc(OCc3ccc(F)cc3)c(OC)c2)cc1Cl. The Balaban J connectivity index is 1.42. The molecule has 1 aliphatic heterocycles. The number of allylic oxidation sites excluding steroid dienone is 1. The second-order valence-electron chi connectivity index (χ2n) is 9.19. The number of esters is 1. The molecule has 42 heavy (non-hydrogen) atoms. The Morgan fingerprint density at radius 1 is 0.976 bits per heavy atom.